The molecule has 1 amide bonds. The zero-order valence-electron chi connectivity index (χ0n) is 9.35. The highest BCUT2D eigenvalue weighted by Crippen LogP contribution is 2.44. The first kappa shape index (κ1) is 12.1. The maximum Gasteiger partial charge on any atom is 0.330 e. The van der Waals surface area contributed by atoms with Crippen LogP contribution in [0.4, 0.5) is 0 Å². The van der Waals surface area contributed by atoms with Crippen molar-refractivity contribution in [2.24, 2.45) is 5.92 Å². The number of hydrogen-bond donors (Lipinski definition) is 4. The van der Waals surface area contributed by atoms with E-state index in [-0.39, 0.29) is 11.8 Å². The number of carboxylic acids is 1. The van der Waals surface area contributed by atoms with Gasteiger partial charge in [0.05, 0.1) is 12.1 Å². The van der Waals surface area contributed by atoms with Crippen LogP contribution in [0.3, 0.4) is 0 Å². The van der Waals surface area contributed by atoms with Gasteiger partial charge in [0.15, 0.2) is 0 Å². The summed E-state index contributed by atoms with van der Waals surface area (Å²) in [5.41, 5.74) is -1.19. The van der Waals surface area contributed by atoms with Gasteiger partial charge in [-0.1, -0.05) is 6.08 Å². The van der Waals surface area contributed by atoms with E-state index in [0.717, 1.165) is 0 Å². The lowest BCUT2D eigenvalue weighted by molar-refractivity contribution is -0.143. The quantitative estimate of drug-likeness (QED) is 0.465. The van der Waals surface area contributed by atoms with Gasteiger partial charge in [-0.15, -0.1) is 6.58 Å². The molecular weight excluding hydrogens is 224 g/mol. The van der Waals surface area contributed by atoms with Crippen molar-refractivity contribution >= 4 is 11.9 Å². The van der Waals surface area contributed by atoms with Crippen LogP contribution >= 0.6 is 0 Å². The molecule has 0 radical (unpaired) electrons. The van der Waals surface area contributed by atoms with Crippen molar-refractivity contribution in [3.8, 4) is 0 Å². The summed E-state index contributed by atoms with van der Waals surface area (Å²) in [4.78, 5) is 23.0. The number of hydrogen-bond acceptors (Lipinski definition) is 4. The lowest BCUT2D eigenvalue weighted by Crippen LogP contribution is -2.51. The molecule has 2 aliphatic rings. The van der Waals surface area contributed by atoms with Crippen LogP contribution in [0.1, 0.15) is 12.8 Å². The number of aliphatic hydroxyl groups excluding tert-OH is 1. The molecular formula is C11H16N2O4. The van der Waals surface area contributed by atoms with Crippen LogP contribution < -0.4 is 10.6 Å². The normalized spacial score (nSPS) is 39.7. The lowest BCUT2D eigenvalue weighted by Gasteiger charge is -2.17. The molecule has 1 heterocycles. The Kier molecular flexibility index (Phi) is 2.92. The molecule has 4 atom stereocenters. The minimum absolute atomic E-state index is 0.213. The van der Waals surface area contributed by atoms with Gasteiger partial charge in [0.25, 0.3) is 0 Å². The van der Waals surface area contributed by atoms with Gasteiger partial charge in [0.2, 0.25) is 5.91 Å². The van der Waals surface area contributed by atoms with Crippen LogP contribution in [0.15, 0.2) is 12.7 Å². The second-order valence-corrected chi connectivity index (χ2v) is 4.66. The molecule has 0 spiro atoms. The second-order valence-electron chi connectivity index (χ2n) is 4.66. The Hall–Kier alpha value is -1.40. The van der Waals surface area contributed by atoms with E-state index in [1.54, 1.807) is 6.08 Å². The van der Waals surface area contributed by atoms with Gasteiger partial charge in [-0.2, -0.15) is 0 Å². The summed E-state index contributed by atoms with van der Waals surface area (Å²) >= 11 is 0. The molecule has 0 unspecified atom stereocenters. The molecule has 0 aromatic heterocycles. The zero-order valence-corrected chi connectivity index (χ0v) is 9.35. The van der Waals surface area contributed by atoms with E-state index in [1.165, 1.54) is 0 Å². The Balaban J connectivity index is 1.98. The third kappa shape index (κ3) is 2.05. The van der Waals surface area contributed by atoms with Crippen LogP contribution in [0, 0.1) is 5.92 Å². The SMILES string of the molecule is C=C[C@@H]1C[C@]1(NC(=O)[C@@H]1C[C@@H](O)CN1)C(=O)O. The summed E-state index contributed by atoms with van der Waals surface area (Å²) in [5.74, 6) is -1.61. The highest BCUT2D eigenvalue weighted by molar-refractivity contribution is 5.92. The summed E-state index contributed by atoms with van der Waals surface area (Å²) in [5, 5.41) is 23.8. The summed E-state index contributed by atoms with van der Waals surface area (Å²) in [7, 11) is 0. The van der Waals surface area contributed by atoms with Crippen LogP contribution in [-0.2, 0) is 9.59 Å². The van der Waals surface area contributed by atoms with Crippen molar-refractivity contribution in [1.29, 1.82) is 0 Å². The molecule has 94 valence electrons. The van der Waals surface area contributed by atoms with Crippen molar-refractivity contribution in [3.63, 3.8) is 0 Å². The van der Waals surface area contributed by atoms with Gasteiger partial charge in [0.1, 0.15) is 5.54 Å². The standard InChI is InChI=1S/C11H16N2O4/c1-2-6-4-11(6,10(16)17)13-9(15)8-3-7(14)5-12-8/h2,6-8,12,14H,1,3-5H2,(H,13,15)(H,16,17)/t6-,7-,8+,11-/m1/s1. The zero-order chi connectivity index (χ0) is 12.6. The molecule has 1 saturated carbocycles. The van der Waals surface area contributed by atoms with Gasteiger partial charge in [-0.05, 0) is 12.8 Å². The van der Waals surface area contributed by atoms with E-state index in [0.29, 0.717) is 19.4 Å². The number of aliphatic hydroxyl groups is 1. The van der Waals surface area contributed by atoms with Crippen molar-refractivity contribution < 1.29 is 19.8 Å². The average Bonchev–Trinajstić information content (AvgIpc) is 2.82. The molecule has 0 aromatic rings. The Labute approximate surface area is 98.7 Å². The van der Waals surface area contributed by atoms with Gasteiger partial charge < -0.3 is 20.8 Å². The van der Waals surface area contributed by atoms with Crippen LogP contribution in [0.25, 0.3) is 0 Å². The molecule has 1 saturated heterocycles. The second kappa shape index (κ2) is 4.12. The number of aliphatic carboxylic acids is 1. The maximum atomic E-state index is 11.8. The first-order valence-corrected chi connectivity index (χ1v) is 5.59. The van der Waals surface area contributed by atoms with E-state index < -0.39 is 23.7 Å². The van der Waals surface area contributed by atoms with E-state index in [1.807, 2.05) is 0 Å². The van der Waals surface area contributed by atoms with E-state index in [4.69, 9.17) is 5.11 Å². The number of carbonyl (C=O) groups is 2. The van der Waals surface area contributed by atoms with E-state index in [9.17, 15) is 14.7 Å². The Morgan fingerprint density at radius 3 is 2.65 bits per heavy atom. The number of amides is 1. The predicted molar refractivity (Wildman–Crippen MR) is 59.2 cm³/mol. The van der Waals surface area contributed by atoms with Gasteiger partial charge in [0, 0.05) is 12.5 Å². The van der Waals surface area contributed by atoms with Crippen LogP contribution in [0.2, 0.25) is 0 Å². The van der Waals surface area contributed by atoms with E-state index in [2.05, 4.69) is 17.2 Å². The summed E-state index contributed by atoms with van der Waals surface area (Å²) < 4.78 is 0. The molecule has 2 fully saturated rings. The first-order chi connectivity index (χ1) is 7.99. The van der Waals surface area contributed by atoms with E-state index >= 15 is 0 Å². The molecule has 2 rings (SSSR count). The third-order valence-electron chi connectivity index (χ3n) is 3.45. The molecule has 6 nitrogen and oxygen atoms in total. The Morgan fingerprint density at radius 2 is 2.24 bits per heavy atom. The number of carboxylic acid groups (broad SMARTS) is 1. The lowest BCUT2D eigenvalue weighted by atomic mass is 10.1. The minimum Gasteiger partial charge on any atom is -0.479 e. The molecule has 6 heteroatoms. The number of β-amino-alcohol motifs (C(OH)–C–C–N with tert-alkyl or cyclic N) is 1. The Morgan fingerprint density at radius 1 is 1.53 bits per heavy atom. The first-order valence-electron chi connectivity index (χ1n) is 5.59. The highest BCUT2D eigenvalue weighted by atomic mass is 16.4. The fraction of sp³-hybridized carbons (Fsp3) is 0.636. The Bertz CT molecular complexity index is 370. The maximum absolute atomic E-state index is 11.8. The third-order valence-corrected chi connectivity index (χ3v) is 3.45. The predicted octanol–water partition coefficient (Wildman–Crippen LogP) is -1.15. The monoisotopic (exact) mass is 240 g/mol. The topological polar surface area (TPSA) is 98.7 Å². The fourth-order valence-electron chi connectivity index (χ4n) is 2.24. The molecule has 17 heavy (non-hydrogen) atoms. The molecule has 0 bridgehead atoms. The minimum atomic E-state index is -1.19. The fourth-order valence-corrected chi connectivity index (χ4v) is 2.24. The number of rotatable bonds is 4. The average molecular weight is 240 g/mol. The van der Waals surface area contributed by atoms with Crippen LogP contribution in [-0.4, -0.2) is 46.3 Å². The number of nitrogens with one attached hydrogen (secondary N) is 2. The number of carbonyl (C=O) groups excluding carboxylic acids is 1. The van der Waals surface area contributed by atoms with Crippen molar-refractivity contribution in [2.45, 2.75) is 30.5 Å². The summed E-state index contributed by atoms with van der Waals surface area (Å²) in [6, 6.07) is -0.507. The summed E-state index contributed by atoms with van der Waals surface area (Å²) in [6.45, 7) is 3.91. The van der Waals surface area contributed by atoms with Gasteiger partial charge in [-0.3, -0.25) is 4.79 Å². The van der Waals surface area contributed by atoms with Crippen molar-refractivity contribution in [2.75, 3.05) is 6.54 Å². The van der Waals surface area contributed by atoms with Crippen LogP contribution in [0.5, 0.6) is 0 Å². The van der Waals surface area contributed by atoms with Crippen molar-refractivity contribution in [1.82, 2.24) is 10.6 Å². The van der Waals surface area contributed by atoms with Crippen molar-refractivity contribution in [3.05, 3.63) is 12.7 Å². The largest absolute Gasteiger partial charge is 0.479 e. The molecule has 1 aliphatic carbocycles. The molecule has 4 N–H and O–H groups in total. The molecule has 1 aliphatic heterocycles. The highest BCUT2D eigenvalue weighted by Gasteiger charge is 2.60. The smallest absolute Gasteiger partial charge is 0.330 e. The van der Waals surface area contributed by atoms with Gasteiger partial charge >= 0.3 is 5.97 Å². The van der Waals surface area contributed by atoms with Gasteiger partial charge in [-0.25, -0.2) is 4.79 Å². The summed E-state index contributed by atoms with van der Waals surface area (Å²) in [6.07, 6.45) is 1.71. The molecule has 0 aromatic carbocycles.